The fourth-order valence-corrected chi connectivity index (χ4v) is 1.64. The number of nitrogens with two attached hydrogens (primary N) is 1. The Morgan fingerprint density at radius 3 is 2.87 bits per heavy atom. The van der Waals surface area contributed by atoms with Gasteiger partial charge < -0.3 is 16.0 Å². The summed E-state index contributed by atoms with van der Waals surface area (Å²) in [6.07, 6.45) is 3.10. The van der Waals surface area contributed by atoms with E-state index in [-0.39, 0.29) is 5.91 Å². The van der Waals surface area contributed by atoms with Crippen molar-refractivity contribution in [3.63, 3.8) is 0 Å². The van der Waals surface area contributed by atoms with Crippen molar-refractivity contribution >= 4 is 11.6 Å². The van der Waals surface area contributed by atoms with Gasteiger partial charge >= 0.3 is 0 Å². The molecule has 3 N–H and O–H groups in total. The van der Waals surface area contributed by atoms with Crippen LogP contribution in [0.4, 0.5) is 5.69 Å². The van der Waals surface area contributed by atoms with Crippen LogP contribution >= 0.6 is 0 Å². The predicted molar refractivity (Wildman–Crippen MR) is 57.4 cm³/mol. The van der Waals surface area contributed by atoms with Gasteiger partial charge in [0.05, 0.1) is 17.4 Å². The lowest BCUT2D eigenvalue weighted by atomic mass is 10.2. The van der Waals surface area contributed by atoms with Crippen LogP contribution in [0.25, 0.3) is 0 Å². The first kappa shape index (κ1) is 9.92. The Morgan fingerprint density at radius 1 is 1.47 bits per heavy atom. The van der Waals surface area contributed by atoms with Gasteiger partial charge in [-0.3, -0.25) is 9.78 Å². The highest BCUT2D eigenvalue weighted by molar-refractivity contribution is 5.98. The molecule has 15 heavy (non-hydrogen) atoms. The molecule has 0 spiro atoms. The first-order valence-corrected chi connectivity index (χ1v) is 4.98. The predicted octanol–water partition coefficient (Wildman–Crippen LogP) is -0.291. The van der Waals surface area contributed by atoms with Crippen LogP contribution in [0.2, 0.25) is 0 Å². The van der Waals surface area contributed by atoms with Crippen molar-refractivity contribution in [2.75, 3.05) is 31.9 Å². The fraction of sp³-hybridized carbons (Fsp3) is 0.400. The largest absolute Gasteiger partial charge is 0.397 e. The van der Waals surface area contributed by atoms with Gasteiger partial charge in [0.25, 0.3) is 5.91 Å². The lowest BCUT2D eigenvalue weighted by Gasteiger charge is -2.27. The van der Waals surface area contributed by atoms with Gasteiger partial charge in [0, 0.05) is 32.4 Å². The molecule has 0 aliphatic carbocycles. The Kier molecular flexibility index (Phi) is 2.82. The van der Waals surface area contributed by atoms with E-state index in [1.165, 1.54) is 6.20 Å². The van der Waals surface area contributed by atoms with Crippen LogP contribution in [0.3, 0.4) is 0 Å². The Hall–Kier alpha value is -1.62. The number of piperazine rings is 1. The number of pyridine rings is 1. The summed E-state index contributed by atoms with van der Waals surface area (Å²) in [4.78, 5) is 17.7. The van der Waals surface area contributed by atoms with Gasteiger partial charge in [-0.05, 0) is 6.07 Å². The topological polar surface area (TPSA) is 71.2 Å². The van der Waals surface area contributed by atoms with Crippen molar-refractivity contribution in [3.05, 3.63) is 24.0 Å². The van der Waals surface area contributed by atoms with E-state index in [1.54, 1.807) is 12.3 Å². The van der Waals surface area contributed by atoms with Crippen molar-refractivity contribution in [2.24, 2.45) is 0 Å². The number of carbonyl (C=O) groups excluding carboxylic acids is 1. The molecule has 0 aromatic carbocycles. The van der Waals surface area contributed by atoms with Crippen molar-refractivity contribution in [1.82, 2.24) is 15.2 Å². The van der Waals surface area contributed by atoms with Gasteiger partial charge in [-0.15, -0.1) is 0 Å². The van der Waals surface area contributed by atoms with Gasteiger partial charge in [0.15, 0.2) is 0 Å². The van der Waals surface area contributed by atoms with E-state index in [0.29, 0.717) is 11.3 Å². The van der Waals surface area contributed by atoms with Crippen LogP contribution in [-0.4, -0.2) is 42.0 Å². The molecule has 1 aliphatic rings. The second-order valence-corrected chi connectivity index (χ2v) is 3.51. The first-order chi connectivity index (χ1) is 7.29. The molecule has 1 amide bonds. The minimum atomic E-state index is -0.00333. The van der Waals surface area contributed by atoms with E-state index in [1.807, 2.05) is 4.90 Å². The molecule has 0 atom stereocenters. The standard InChI is InChI=1S/C10H14N4O/c11-9-7-13-2-1-8(9)10(15)14-5-3-12-4-6-14/h1-2,7,12H,3-6,11H2. The average molecular weight is 206 g/mol. The smallest absolute Gasteiger partial charge is 0.256 e. The average Bonchev–Trinajstić information content (AvgIpc) is 2.30. The highest BCUT2D eigenvalue weighted by Gasteiger charge is 2.19. The maximum absolute atomic E-state index is 12.0. The summed E-state index contributed by atoms with van der Waals surface area (Å²) >= 11 is 0. The molecule has 1 fully saturated rings. The molecule has 5 heteroatoms. The Balaban J connectivity index is 2.16. The Labute approximate surface area is 88.3 Å². The first-order valence-electron chi connectivity index (χ1n) is 4.98. The second-order valence-electron chi connectivity index (χ2n) is 3.51. The minimum Gasteiger partial charge on any atom is -0.397 e. The molecule has 1 aromatic heterocycles. The van der Waals surface area contributed by atoms with Crippen molar-refractivity contribution in [1.29, 1.82) is 0 Å². The fourth-order valence-electron chi connectivity index (χ4n) is 1.64. The normalized spacial score (nSPS) is 16.4. The van der Waals surface area contributed by atoms with E-state index in [2.05, 4.69) is 10.3 Å². The van der Waals surface area contributed by atoms with E-state index >= 15 is 0 Å². The second kappa shape index (κ2) is 4.27. The number of hydrogen-bond donors (Lipinski definition) is 2. The summed E-state index contributed by atoms with van der Waals surface area (Å²) in [5.74, 6) is -0.00333. The van der Waals surface area contributed by atoms with Crippen molar-refractivity contribution in [2.45, 2.75) is 0 Å². The highest BCUT2D eigenvalue weighted by atomic mass is 16.2. The third-order valence-corrected chi connectivity index (χ3v) is 2.49. The summed E-state index contributed by atoms with van der Waals surface area (Å²) in [5.41, 5.74) is 6.70. The zero-order chi connectivity index (χ0) is 10.7. The van der Waals surface area contributed by atoms with Crippen LogP contribution in [0.1, 0.15) is 10.4 Å². The molecule has 2 rings (SSSR count). The zero-order valence-corrected chi connectivity index (χ0v) is 8.44. The summed E-state index contributed by atoms with van der Waals surface area (Å²) in [7, 11) is 0. The van der Waals surface area contributed by atoms with Crippen LogP contribution in [-0.2, 0) is 0 Å². The number of amides is 1. The van der Waals surface area contributed by atoms with Gasteiger partial charge in [-0.1, -0.05) is 0 Å². The summed E-state index contributed by atoms with van der Waals surface area (Å²) in [6.45, 7) is 3.16. The molecule has 1 aliphatic heterocycles. The van der Waals surface area contributed by atoms with Crippen LogP contribution in [0, 0.1) is 0 Å². The highest BCUT2D eigenvalue weighted by Crippen LogP contribution is 2.12. The van der Waals surface area contributed by atoms with Crippen molar-refractivity contribution in [3.8, 4) is 0 Å². The molecule has 0 saturated carbocycles. The number of nitrogens with zero attached hydrogens (tertiary/aromatic N) is 2. The summed E-state index contributed by atoms with van der Waals surface area (Å²) in [5, 5.41) is 3.20. The third kappa shape index (κ3) is 2.07. The molecule has 2 heterocycles. The quantitative estimate of drug-likeness (QED) is 0.662. The number of aromatic nitrogens is 1. The zero-order valence-electron chi connectivity index (χ0n) is 8.44. The van der Waals surface area contributed by atoms with E-state index in [9.17, 15) is 4.79 Å². The number of rotatable bonds is 1. The Bertz CT molecular complexity index is 360. The molecule has 0 bridgehead atoms. The van der Waals surface area contributed by atoms with Gasteiger partial charge in [0.1, 0.15) is 0 Å². The summed E-state index contributed by atoms with van der Waals surface area (Å²) < 4.78 is 0. The molecule has 1 aromatic rings. The molecule has 5 nitrogen and oxygen atoms in total. The molecule has 0 unspecified atom stereocenters. The van der Waals surface area contributed by atoms with Gasteiger partial charge in [-0.25, -0.2) is 0 Å². The maximum atomic E-state index is 12.0. The molecule has 1 saturated heterocycles. The number of carbonyl (C=O) groups is 1. The number of hydrogen-bond acceptors (Lipinski definition) is 4. The van der Waals surface area contributed by atoms with Crippen LogP contribution in [0.15, 0.2) is 18.5 Å². The molecular formula is C10H14N4O. The molecule has 0 radical (unpaired) electrons. The SMILES string of the molecule is Nc1cnccc1C(=O)N1CCNCC1. The van der Waals surface area contributed by atoms with Crippen molar-refractivity contribution < 1.29 is 4.79 Å². The van der Waals surface area contributed by atoms with Gasteiger partial charge in [0.2, 0.25) is 0 Å². The van der Waals surface area contributed by atoms with E-state index < -0.39 is 0 Å². The number of anilines is 1. The van der Waals surface area contributed by atoms with E-state index in [4.69, 9.17) is 5.73 Å². The maximum Gasteiger partial charge on any atom is 0.256 e. The van der Waals surface area contributed by atoms with Gasteiger partial charge in [-0.2, -0.15) is 0 Å². The van der Waals surface area contributed by atoms with Crippen LogP contribution in [0.5, 0.6) is 0 Å². The minimum absolute atomic E-state index is 0.00333. The monoisotopic (exact) mass is 206 g/mol. The Morgan fingerprint density at radius 2 is 2.20 bits per heavy atom. The third-order valence-electron chi connectivity index (χ3n) is 2.49. The van der Waals surface area contributed by atoms with E-state index in [0.717, 1.165) is 26.2 Å². The lowest BCUT2D eigenvalue weighted by Crippen LogP contribution is -2.46. The number of nitrogens with one attached hydrogen (secondary N) is 1. The molecule has 80 valence electrons. The lowest BCUT2D eigenvalue weighted by molar-refractivity contribution is 0.0737. The van der Waals surface area contributed by atoms with Crippen LogP contribution < -0.4 is 11.1 Å². The summed E-state index contributed by atoms with van der Waals surface area (Å²) in [6, 6.07) is 1.67. The number of nitrogen functional groups attached to an aromatic ring is 1. The molecular weight excluding hydrogens is 192 g/mol.